The van der Waals surface area contributed by atoms with E-state index in [2.05, 4.69) is 20.2 Å². The van der Waals surface area contributed by atoms with Gasteiger partial charge in [0, 0.05) is 30.9 Å². The van der Waals surface area contributed by atoms with Crippen molar-refractivity contribution in [3.8, 4) is 0 Å². The summed E-state index contributed by atoms with van der Waals surface area (Å²) in [5, 5.41) is 3.53. The Morgan fingerprint density at radius 2 is 2.00 bits per heavy atom. The van der Waals surface area contributed by atoms with Crippen LogP contribution in [0, 0.1) is 19.8 Å². The molecular formula is C18H21ClN4O. The van der Waals surface area contributed by atoms with Crippen LogP contribution >= 0.6 is 11.6 Å². The summed E-state index contributed by atoms with van der Waals surface area (Å²) in [7, 11) is 0. The molecule has 1 aliphatic rings. The van der Waals surface area contributed by atoms with Gasteiger partial charge in [-0.2, -0.15) is 0 Å². The number of hydrogen-bond acceptors (Lipinski definition) is 4. The van der Waals surface area contributed by atoms with Crippen LogP contribution in [0.15, 0.2) is 30.5 Å². The van der Waals surface area contributed by atoms with Crippen LogP contribution in [-0.2, 0) is 4.79 Å². The van der Waals surface area contributed by atoms with E-state index in [1.54, 1.807) is 6.20 Å². The summed E-state index contributed by atoms with van der Waals surface area (Å²) in [6.07, 6.45) is 3.34. The smallest absolute Gasteiger partial charge is 0.227 e. The SMILES string of the molecule is Cc1ccc(NC(=O)C2CCN(c3nccc(C)n3)CC2)c(Cl)c1. The first-order valence-electron chi connectivity index (χ1n) is 8.14. The topological polar surface area (TPSA) is 58.1 Å². The minimum Gasteiger partial charge on any atom is -0.341 e. The highest BCUT2D eigenvalue weighted by Gasteiger charge is 2.26. The lowest BCUT2D eigenvalue weighted by Crippen LogP contribution is -2.39. The molecule has 1 aromatic carbocycles. The number of nitrogens with one attached hydrogen (secondary N) is 1. The number of halogens is 1. The Hall–Kier alpha value is -2.14. The summed E-state index contributed by atoms with van der Waals surface area (Å²) >= 11 is 6.19. The van der Waals surface area contributed by atoms with E-state index in [9.17, 15) is 4.79 Å². The predicted molar refractivity (Wildman–Crippen MR) is 96.5 cm³/mol. The molecule has 0 saturated carbocycles. The van der Waals surface area contributed by atoms with Crippen molar-refractivity contribution in [1.29, 1.82) is 0 Å². The first kappa shape index (κ1) is 16.7. The van der Waals surface area contributed by atoms with E-state index in [4.69, 9.17) is 11.6 Å². The van der Waals surface area contributed by atoms with Crippen LogP contribution in [0.25, 0.3) is 0 Å². The molecule has 0 atom stereocenters. The second-order valence-corrected chi connectivity index (χ2v) is 6.64. The molecule has 1 aromatic heterocycles. The molecule has 0 aliphatic carbocycles. The molecule has 24 heavy (non-hydrogen) atoms. The zero-order chi connectivity index (χ0) is 17.1. The minimum atomic E-state index is -0.0107. The Balaban J connectivity index is 1.59. The van der Waals surface area contributed by atoms with Gasteiger partial charge in [-0.05, 0) is 50.5 Å². The molecule has 1 aliphatic heterocycles. The fraction of sp³-hybridized carbons (Fsp3) is 0.389. The number of rotatable bonds is 3. The molecule has 0 radical (unpaired) electrons. The minimum absolute atomic E-state index is 0.0107. The largest absolute Gasteiger partial charge is 0.341 e. The van der Waals surface area contributed by atoms with E-state index in [0.717, 1.165) is 43.1 Å². The first-order valence-corrected chi connectivity index (χ1v) is 8.52. The van der Waals surface area contributed by atoms with Gasteiger partial charge in [0.25, 0.3) is 0 Å². The van der Waals surface area contributed by atoms with Gasteiger partial charge in [-0.25, -0.2) is 9.97 Å². The maximum Gasteiger partial charge on any atom is 0.227 e. The van der Waals surface area contributed by atoms with Crippen molar-refractivity contribution in [2.75, 3.05) is 23.3 Å². The van der Waals surface area contributed by atoms with Crippen LogP contribution < -0.4 is 10.2 Å². The molecule has 3 rings (SSSR count). The summed E-state index contributed by atoms with van der Waals surface area (Å²) in [4.78, 5) is 23.4. The molecule has 1 amide bonds. The van der Waals surface area contributed by atoms with E-state index < -0.39 is 0 Å². The molecule has 0 spiro atoms. The molecule has 0 unspecified atom stereocenters. The number of carbonyl (C=O) groups excluding carboxylic acids is 1. The zero-order valence-corrected chi connectivity index (χ0v) is 14.7. The highest BCUT2D eigenvalue weighted by Crippen LogP contribution is 2.26. The van der Waals surface area contributed by atoms with E-state index in [1.165, 1.54) is 0 Å². The first-order chi connectivity index (χ1) is 11.5. The van der Waals surface area contributed by atoms with Gasteiger partial charge in [0.05, 0.1) is 10.7 Å². The maximum atomic E-state index is 12.5. The number of aryl methyl sites for hydroxylation is 2. The van der Waals surface area contributed by atoms with Gasteiger partial charge < -0.3 is 10.2 Å². The number of nitrogens with zero attached hydrogens (tertiary/aromatic N) is 3. The highest BCUT2D eigenvalue weighted by molar-refractivity contribution is 6.33. The van der Waals surface area contributed by atoms with Crippen LogP contribution in [0.2, 0.25) is 5.02 Å². The third-order valence-electron chi connectivity index (χ3n) is 4.31. The summed E-state index contributed by atoms with van der Waals surface area (Å²) in [5.41, 5.74) is 2.70. The van der Waals surface area contributed by atoms with Crippen molar-refractivity contribution in [3.05, 3.63) is 46.7 Å². The van der Waals surface area contributed by atoms with Gasteiger partial charge in [-0.15, -0.1) is 0 Å². The second kappa shape index (κ2) is 7.18. The van der Waals surface area contributed by atoms with Gasteiger partial charge >= 0.3 is 0 Å². The van der Waals surface area contributed by atoms with Crippen LogP contribution in [0.3, 0.4) is 0 Å². The molecule has 126 valence electrons. The number of piperidine rings is 1. The lowest BCUT2D eigenvalue weighted by Gasteiger charge is -2.31. The number of anilines is 2. The van der Waals surface area contributed by atoms with E-state index in [0.29, 0.717) is 10.7 Å². The molecule has 2 aromatic rings. The van der Waals surface area contributed by atoms with Gasteiger partial charge in [-0.1, -0.05) is 17.7 Å². The molecule has 0 bridgehead atoms. The fourth-order valence-electron chi connectivity index (χ4n) is 2.89. The molecule has 1 N–H and O–H groups in total. The van der Waals surface area contributed by atoms with Crippen molar-refractivity contribution in [2.24, 2.45) is 5.92 Å². The fourth-order valence-corrected chi connectivity index (χ4v) is 3.17. The normalized spacial score (nSPS) is 15.4. The molecule has 1 saturated heterocycles. The lowest BCUT2D eigenvalue weighted by atomic mass is 9.96. The monoisotopic (exact) mass is 344 g/mol. The number of carbonyl (C=O) groups is 1. The number of hydrogen-bond donors (Lipinski definition) is 1. The average molecular weight is 345 g/mol. The third kappa shape index (κ3) is 3.85. The summed E-state index contributed by atoms with van der Waals surface area (Å²) in [6, 6.07) is 7.54. The summed E-state index contributed by atoms with van der Waals surface area (Å²) in [5.74, 6) is 0.768. The predicted octanol–water partition coefficient (Wildman–Crippen LogP) is 3.60. The molecule has 5 nitrogen and oxygen atoms in total. The second-order valence-electron chi connectivity index (χ2n) is 6.23. The highest BCUT2D eigenvalue weighted by atomic mass is 35.5. The Kier molecular flexibility index (Phi) is 5.00. The lowest BCUT2D eigenvalue weighted by molar-refractivity contribution is -0.120. The van der Waals surface area contributed by atoms with Crippen LogP contribution in [-0.4, -0.2) is 29.0 Å². The molecular weight excluding hydrogens is 324 g/mol. The molecule has 1 fully saturated rings. The molecule has 2 heterocycles. The number of aromatic nitrogens is 2. The average Bonchev–Trinajstić information content (AvgIpc) is 2.57. The van der Waals surface area contributed by atoms with Crippen molar-refractivity contribution >= 4 is 29.1 Å². The number of benzene rings is 1. The Labute approximate surface area is 147 Å². The Bertz CT molecular complexity index is 742. The third-order valence-corrected chi connectivity index (χ3v) is 4.63. The maximum absolute atomic E-state index is 12.5. The quantitative estimate of drug-likeness (QED) is 0.924. The van der Waals surface area contributed by atoms with Gasteiger partial charge in [0.1, 0.15) is 0 Å². The van der Waals surface area contributed by atoms with E-state index in [-0.39, 0.29) is 11.8 Å². The zero-order valence-electron chi connectivity index (χ0n) is 13.9. The van der Waals surface area contributed by atoms with Crippen molar-refractivity contribution in [1.82, 2.24) is 9.97 Å². The van der Waals surface area contributed by atoms with Crippen molar-refractivity contribution in [3.63, 3.8) is 0 Å². The van der Waals surface area contributed by atoms with Crippen molar-refractivity contribution < 1.29 is 4.79 Å². The van der Waals surface area contributed by atoms with Gasteiger partial charge in [0.2, 0.25) is 11.9 Å². The standard InChI is InChI=1S/C18H21ClN4O/c1-12-3-4-16(15(19)11-12)22-17(24)14-6-9-23(10-7-14)18-20-8-5-13(2)21-18/h3-5,8,11,14H,6-7,9-10H2,1-2H3,(H,22,24). The van der Waals surface area contributed by atoms with Crippen LogP contribution in [0.5, 0.6) is 0 Å². The van der Waals surface area contributed by atoms with Gasteiger partial charge in [-0.3, -0.25) is 4.79 Å². The Morgan fingerprint density at radius 1 is 1.25 bits per heavy atom. The van der Waals surface area contributed by atoms with E-state index >= 15 is 0 Å². The number of amides is 1. The van der Waals surface area contributed by atoms with Crippen LogP contribution in [0.1, 0.15) is 24.1 Å². The summed E-state index contributed by atoms with van der Waals surface area (Å²) in [6.45, 7) is 5.49. The Morgan fingerprint density at radius 3 is 2.67 bits per heavy atom. The van der Waals surface area contributed by atoms with Crippen LogP contribution in [0.4, 0.5) is 11.6 Å². The van der Waals surface area contributed by atoms with Crippen molar-refractivity contribution in [2.45, 2.75) is 26.7 Å². The summed E-state index contributed by atoms with van der Waals surface area (Å²) < 4.78 is 0. The van der Waals surface area contributed by atoms with E-state index in [1.807, 2.05) is 38.1 Å². The molecule has 6 heteroatoms. The van der Waals surface area contributed by atoms with Gasteiger partial charge in [0.15, 0.2) is 0 Å².